The first-order valence-electron chi connectivity index (χ1n) is 12.6. The van der Waals surface area contributed by atoms with Crippen molar-refractivity contribution in [2.24, 2.45) is 5.41 Å². The number of nitrogens with zero attached hydrogens (tertiary/aromatic N) is 3. The normalized spacial score (nSPS) is 30.2. The molecule has 5 rings (SSSR count). The Balaban J connectivity index is 1.39. The van der Waals surface area contributed by atoms with E-state index in [9.17, 15) is 27.9 Å². The molecule has 3 saturated heterocycles. The molecule has 1 N–H and O–H groups in total. The van der Waals surface area contributed by atoms with Gasteiger partial charge in [-0.25, -0.2) is 4.79 Å². The van der Waals surface area contributed by atoms with Gasteiger partial charge in [0.05, 0.1) is 23.7 Å². The van der Waals surface area contributed by atoms with Gasteiger partial charge in [0, 0.05) is 43.6 Å². The van der Waals surface area contributed by atoms with E-state index < -0.39 is 23.2 Å². The smallest absolute Gasteiger partial charge is 0.418 e. The molecule has 1 aromatic carbocycles. The molecule has 0 radical (unpaired) electrons. The molecule has 3 heterocycles. The van der Waals surface area contributed by atoms with Crippen molar-refractivity contribution in [1.82, 2.24) is 4.90 Å². The number of cyclic esters (lactones) is 1. The number of anilines is 2. The topological polar surface area (TPSA) is 73.3 Å². The molecule has 4 aliphatic rings. The van der Waals surface area contributed by atoms with E-state index in [4.69, 9.17) is 4.74 Å². The number of benzene rings is 1. The summed E-state index contributed by atoms with van der Waals surface area (Å²) in [6, 6.07) is 4.10. The number of likely N-dealkylation sites (tertiary alicyclic amines) is 1. The standard InChI is InChI=1S/C25H32F3N3O4/c26-25(27,28)20-15-18(31-12-2-14-35-23(31)34)5-8-21(20)29-11-1-9-24(16-29)10-13-30(22(24)33)17-3-6-19(32)7-4-17/h5,8,15,17,19,32H,1-4,6-7,9-14,16H2/t17-,19-,24-/m1/s1. The zero-order valence-electron chi connectivity index (χ0n) is 19.7. The third kappa shape index (κ3) is 4.57. The Hall–Kier alpha value is -2.49. The highest BCUT2D eigenvalue weighted by molar-refractivity contribution is 5.89. The van der Waals surface area contributed by atoms with E-state index in [1.54, 1.807) is 4.90 Å². The molecule has 0 bridgehead atoms. The fourth-order valence-electron chi connectivity index (χ4n) is 6.26. The Morgan fingerprint density at radius 3 is 2.49 bits per heavy atom. The van der Waals surface area contributed by atoms with Gasteiger partial charge in [0.25, 0.3) is 0 Å². The molecule has 7 nitrogen and oxygen atoms in total. The highest BCUT2D eigenvalue weighted by Gasteiger charge is 2.51. The summed E-state index contributed by atoms with van der Waals surface area (Å²) in [6.45, 7) is 1.90. The van der Waals surface area contributed by atoms with Gasteiger partial charge in [-0.15, -0.1) is 0 Å². The van der Waals surface area contributed by atoms with Crippen molar-refractivity contribution in [2.45, 2.75) is 69.7 Å². The van der Waals surface area contributed by atoms with E-state index in [-0.39, 0.29) is 42.6 Å². The van der Waals surface area contributed by atoms with Crippen LogP contribution in [0, 0.1) is 5.41 Å². The molecule has 1 saturated carbocycles. The first-order chi connectivity index (χ1) is 16.7. The summed E-state index contributed by atoms with van der Waals surface area (Å²) < 4.78 is 47.5. The molecule has 4 fully saturated rings. The molecule has 1 spiro atoms. The Bertz CT molecular complexity index is 979. The van der Waals surface area contributed by atoms with Crippen LogP contribution >= 0.6 is 0 Å². The molecule has 1 atom stereocenters. The van der Waals surface area contributed by atoms with Crippen LogP contribution in [0.1, 0.15) is 56.9 Å². The molecule has 0 aromatic heterocycles. The highest BCUT2D eigenvalue weighted by atomic mass is 19.4. The number of carbonyl (C=O) groups excluding carboxylic acids is 2. The van der Waals surface area contributed by atoms with E-state index in [1.165, 1.54) is 17.0 Å². The van der Waals surface area contributed by atoms with E-state index in [2.05, 4.69) is 0 Å². The summed E-state index contributed by atoms with van der Waals surface area (Å²) in [7, 11) is 0. The van der Waals surface area contributed by atoms with Crippen LogP contribution in [0.3, 0.4) is 0 Å². The van der Waals surface area contributed by atoms with Crippen molar-refractivity contribution in [3.8, 4) is 0 Å². The number of aliphatic hydroxyl groups excluding tert-OH is 1. The van der Waals surface area contributed by atoms with Crippen LogP contribution in [0.25, 0.3) is 0 Å². The summed E-state index contributed by atoms with van der Waals surface area (Å²) in [4.78, 5) is 30.5. The van der Waals surface area contributed by atoms with Gasteiger partial charge in [0.15, 0.2) is 0 Å². The summed E-state index contributed by atoms with van der Waals surface area (Å²) in [6.07, 6.45) is -0.143. The zero-order chi connectivity index (χ0) is 24.8. The van der Waals surface area contributed by atoms with Gasteiger partial charge in [-0.1, -0.05) is 0 Å². The summed E-state index contributed by atoms with van der Waals surface area (Å²) in [5.74, 6) is 0.0461. The van der Waals surface area contributed by atoms with E-state index >= 15 is 0 Å². The second kappa shape index (κ2) is 9.19. The lowest BCUT2D eigenvalue weighted by Crippen LogP contribution is -2.50. The van der Waals surface area contributed by atoms with Crippen molar-refractivity contribution in [1.29, 1.82) is 0 Å². The van der Waals surface area contributed by atoms with Crippen molar-refractivity contribution in [3.05, 3.63) is 23.8 Å². The lowest BCUT2D eigenvalue weighted by atomic mass is 9.78. The molecule has 10 heteroatoms. The van der Waals surface area contributed by atoms with E-state index in [0.717, 1.165) is 18.9 Å². The Labute approximate surface area is 202 Å². The minimum absolute atomic E-state index is 0.0461. The lowest BCUT2D eigenvalue weighted by molar-refractivity contribution is -0.139. The number of amides is 2. The van der Waals surface area contributed by atoms with Gasteiger partial charge in [0.2, 0.25) is 5.91 Å². The maximum atomic E-state index is 14.2. The average Bonchev–Trinajstić information content (AvgIpc) is 3.14. The van der Waals surface area contributed by atoms with Crippen LogP contribution in [0.2, 0.25) is 0 Å². The van der Waals surface area contributed by atoms with Gasteiger partial charge in [-0.3, -0.25) is 9.69 Å². The van der Waals surface area contributed by atoms with Crippen LogP contribution in [0.5, 0.6) is 0 Å². The maximum absolute atomic E-state index is 14.2. The first kappa shape index (κ1) is 24.2. The molecule has 35 heavy (non-hydrogen) atoms. The van der Waals surface area contributed by atoms with Crippen LogP contribution < -0.4 is 9.80 Å². The predicted octanol–water partition coefficient (Wildman–Crippen LogP) is 4.17. The van der Waals surface area contributed by atoms with Crippen LogP contribution in [0.4, 0.5) is 29.3 Å². The number of halogens is 3. The number of piperidine rings is 1. The van der Waals surface area contributed by atoms with Crippen molar-refractivity contribution >= 4 is 23.4 Å². The lowest BCUT2D eigenvalue weighted by Gasteiger charge is -2.42. The van der Waals surface area contributed by atoms with Gasteiger partial charge in [-0.2, -0.15) is 13.2 Å². The Morgan fingerprint density at radius 1 is 1.00 bits per heavy atom. The van der Waals surface area contributed by atoms with Crippen LogP contribution in [-0.4, -0.2) is 66.9 Å². The number of rotatable bonds is 3. The fraction of sp³-hybridized carbons (Fsp3) is 0.680. The molecule has 1 aromatic rings. The number of hydrogen-bond acceptors (Lipinski definition) is 5. The van der Waals surface area contributed by atoms with Crippen LogP contribution in [0.15, 0.2) is 18.2 Å². The Morgan fingerprint density at radius 2 is 1.77 bits per heavy atom. The first-order valence-corrected chi connectivity index (χ1v) is 12.6. The molecule has 1 aliphatic carbocycles. The van der Waals surface area contributed by atoms with Gasteiger partial charge in [0.1, 0.15) is 0 Å². The van der Waals surface area contributed by atoms with Crippen LogP contribution in [-0.2, 0) is 15.7 Å². The fourth-order valence-corrected chi connectivity index (χ4v) is 6.26. The molecular weight excluding hydrogens is 463 g/mol. The molecule has 3 aliphatic heterocycles. The molecule has 192 valence electrons. The summed E-state index contributed by atoms with van der Waals surface area (Å²) in [5, 5.41) is 9.82. The quantitative estimate of drug-likeness (QED) is 0.681. The van der Waals surface area contributed by atoms with Gasteiger partial charge in [-0.05, 0) is 69.6 Å². The third-order valence-corrected chi connectivity index (χ3v) is 8.14. The number of alkyl halides is 3. The van der Waals surface area contributed by atoms with Crippen molar-refractivity contribution in [2.75, 3.05) is 42.6 Å². The minimum Gasteiger partial charge on any atom is -0.449 e. The Kier molecular flexibility index (Phi) is 6.35. The van der Waals surface area contributed by atoms with Gasteiger partial charge < -0.3 is 19.6 Å². The third-order valence-electron chi connectivity index (χ3n) is 8.14. The minimum atomic E-state index is -4.61. The second-order valence-electron chi connectivity index (χ2n) is 10.3. The monoisotopic (exact) mass is 495 g/mol. The zero-order valence-corrected chi connectivity index (χ0v) is 19.7. The van der Waals surface area contributed by atoms with Crippen molar-refractivity contribution < 1.29 is 32.6 Å². The predicted molar refractivity (Wildman–Crippen MR) is 123 cm³/mol. The van der Waals surface area contributed by atoms with Gasteiger partial charge >= 0.3 is 12.3 Å². The SMILES string of the molecule is O=C1OCCCN1c1ccc(N2CCC[C@@]3(CCN([C@H]4CC[C@H](O)CC4)C3=O)C2)c(C(F)(F)F)c1. The average molecular weight is 496 g/mol. The number of aliphatic hydroxyl groups is 1. The molecule has 0 unspecified atom stereocenters. The second-order valence-corrected chi connectivity index (χ2v) is 10.3. The molecule has 2 amide bonds. The van der Waals surface area contributed by atoms with Crippen molar-refractivity contribution in [3.63, 3.8) is 0 Å². The highest BCUT2D eigenvalue weighted by Crippen LogP contribution is 2.46. The largest absolute Gasteiger partial charge is 0.449 e. The molecular formula is C25H32F3N3O4. The van der Waals surface area contributed by atoms with E-state index in [1.807, 2.05) is 4.90 Å². The number of ether oxygens (including phenoxy) is 1. The van der Waals surface area contributed by atoms with E-state index in [0.29, 0.717) is 58.2 Å². The summed E-state index contributed by atoms with van der Waals surface area (Å²) in [5.41, 5.74) is -1.25. The number of hydrogen-bond donors (Lipinski definition) is 1. The maximum Gasteiger partial charge on any atom is 0.418 e. The number of carbonyl (C=O) groups is 2. The summed E-state index contributed by atoms with van der Waals surface area (Å²) >= 11 is 0.